The summed E-state index contributed by atoms with van der Waals surface area (Å²) in [6, 6.07) is 0. The van der Waals surface area contributed by atoms with Crippen molar-refractivity contribution in [1.82, 2.24) is 0 Å². The molecule has 0 atom stereocenters. The highest BCUT2D eigenvalue weighted by molar-refractivity contribution is 7.99. The van der Waals surface area contributed by atoms with Gasteiger partial charge < -0.3 is 0 Å². The van der Waals surface area contributed by atoms with Gasteiger partial charge in [0.25, 0.3) is 0 Å². The first-order valence-electron chi connectivity index (χ1n) is 4.46. The molecule has 0 N–H and O–H groups in total. The van der Waals surface area contributed by atoms with Crippen LogP contribution in [0, 0.1) is 0 Å². The zero-order valence-corrected chi connectivity index (χ0v) is 8.88. The number of Topliss-reactive ketones (excluding diaryl/α,β-unsaturated/α-hetero) is 1. The zero-order valence-electron chi connectivity index (χ0n) is 8.06. The van der Waals surface area contributed by atoms with Crippen LogP contribution < -0.4 is 0 Å². The molecule has 0 heterocycles. The van der Waals surface area contributed by atoms with E-state index in [1.54, 1.807) is 11.8 Å². The molecule has 0 spiro atoms. The zero-order chi connectivity index (χ0) is 9.40. The van der Waals surface area contributed by atoms with E-state index in [9.17, 15) is 4.79 Å². The summed E-state index contributed by atoms with van der Waals surface area (Å²) >= 11 is 1.72. The first-order valence-corrected chi connectivity index (χ1v) is 5.62. The van der Waals surface area contributed by atoms with E-state index < -0.39 is 0 Å². The average molecular weight is 186 g/mol. The van der Waals surface area contributed by atoms with Crippen LogP contribution in [0.4, 0.5) is 0 Å². The predicted octanol–water partition coefficient (Wildman–Crippen LogP) is 3.06. The highest BCUT2D eigenvalue weighted by Crippen LogP contribution is 2.08. The number of hydrogen-bond acceptors (Lipinski definition) is 2. The summed E-state index contributed by atoms with van der Waals surface area (Å²) in [6.07, 6.45) is 2.64. The number of carbonyl (C=O) groups is 1. The largest absolute Gasteiger partial charge is 0.298 e. The second kappa shape index (κ2) is 7.41. The molecule has 0 amide bonds. The van der Waals surface area contributed by atoms with E-state index in [1.807, 2.05) is 6.92 Å². The molecule has 0 unspecified atom stereocenters. The number of ketones is 1. The minimum Gasteiger partial charge on any atom is -0.298 e. The fraction of sp³-hybridized carbons (Fsp3) is 0.700. The molecule has 0 aromatic rings. The minimum atomic E-state index is 0.320. The lowest BCUT2D eigenvalue weighted by Gasteiger charge is -2.00. The van der Waals surface area contributed by atoms with E-state index in [-0.39, 0.29) is 0 Å². The number of thioether (sulfide) groups is 1. The lowest BCUT2D eigenvalue weighted by Crippen LogP contribution is -2.02. The van der Waals surface area contributed by atoms with E-state index in [2.05, 4.69) is 13.5 Å². The SMILES string of the molecule is C=C(CC)CC(=O)CSCCC. The van der Waals surface area contributed by atoms with Gasteiger partial charge in [-0.3, -0.25) is 4.79 Å². The van der Waals surface area contributed by atoms with Crippen LogP contribution in [-0.2, 0) is 4.79 Å². The van der Waals surface area contributed by atoms with Gasteiger partial charge in [0.05, 0.1) is 5.75 Å². The van der Waals surface area contributed by atoms with Crippen LogP contribution in [0.1, 0.15) is 33.1 Å². The van der Waals surface area contributed by atoms with Crippen LogP contribution in [0.25, 0.3) is 0 Å². The Kier molecular flexibility index (Phi) is 7.26. The smallest absolute Gasteiger partial charge is 0.146 e. The van der Waals surface area contributed by atoms with Crippen LogP contribution in [0.2, 0.25) is 0 Å². The molecule has 12 heavy (non-hydrogen) atoms. The van der Waals surface area contributed by atoms with Gasteiger partial charge in [-0.1, -0.05) is 26.0 Å². The van der Waals surface area contributed by atoms with Gasteiger partial charge in [-0.15, -0.1) is 0 Å². The Bertz CT molecular complexity index is 152. The van der Waals surface area contributed by atoms with E-state index in [0.29, 0.717) is 18.0 Å². The molecule has 0 saturated heterocycles. The average Bonchev–Trinajstić information content (AvgIpc) is 2.05. The van der Waals surface area contributed by atoms with E-state index in [1.165, 1.54) is 0 Å². The van der Waals surface area contributed by atoms with Gasteiger partial charge in [-0.25, -0.2) is 0 Å². The maximum atomic E-state index is 11.2. The topological polar surface area (TPSA) is 17.1 Å². The van der Waals surface area contributed by atoms with E-state index in [0.717, 1.165) is 24.2 Å². The molecule has 0 aliphatic carbocycles. The lowest BCUT2D eigenvalue weighted by molar-refractivity contribution is -0.116. The third-order valence-corrected chi connectivity index (χ3v) is 2.78. The maximum absolute atomic E-state index is 11.2. The summed E-state index contributed by atoms with van der Waals surface area (Å²) in [5, 5.41) is 0. The van der Waals surface area contributed by atoms with Crippen molar-refractivity contribution >= 4 is 17.5 Å². The number of hydrogen-bond donors (Lipinski definition) is 0. The van der Waals surface area contributed by atoms with Crippen molar-refractivity contribution in [1.29, 1.82) is 0 Å². The lowest BCUT2D eigenvalue weighted by atomic mass is 10.1. The summed E-state index contributed by atoms with van der Waals surface area (Å²) in [5.74, 6) is 2.07. The Labute approximate surface area is 79.6 Å². The maximum Gasteiger partial charge on any atom is 0.146 e. The Morgan fingerprint density at radius 3 is 2.58 bits per heavy atom. The fourth-order valence-corrected chi connectivity index (χ4v) is 1.55. The van der Waals surface area contributed by atoms with Crippen molar-refractivity contribution in [2.24, 2.45) is 0 Å². The Balaban J connectivity index is 3.40. The second-order valence-corrected chi connectivity index (χ2v) is 3.98. The van der Waals surface area contributed by atoms with Crippen LogP contribution in [0.5, 0.6) is 0 Å². The molecule has 0 aliphatic heterocycles. The van der Waals surface area contributed by atoms with Gasteiger partial charge in [-0.05, 0) is 18.6 Å². The Hall–Kier alpha value is -0.240. The van der Waals surface area contributed by atoms with Crippen molar-refractivity contribution in [3.63, 3.8) is 0 Å². The minimum absolute atomic E-state index is 0.320. The third kappa shape index (κ3) is 6.47. The van der Waals surface area contributed by atoms with Gasteiger partial charge in [0, 0.05) is 6.42 Å². The van der Waals surface area contributed by atoms with Gasteiger partial charge >= 0.3 is 0 Å². The fourth-order valence-electron chi connectivity index (χ4n) is 0.785. The molecule has 0 rings (SSSR count). The molecule has 0 saturated carbocycles. The molecular formula is C10H18OS. The molecule has 0 bridgehead atoms. The monoisotopic (exact) mass is 186 g/mol. The molecular weight excluding hydrogens is 168 g/mol. The van der Waals surface area contributed by atoms with Gasteiger partial charge in [-0.2, -0.15) is 11.8 Å². The quantitative estimate of drug-likeness (QED) is 0.449. The van der Waals surface area contributed by atoms with E-state index >= 15 is 0 Å². The molecule has 0 radical (unpaired) electrons. The Morgan fingerprint density at radius 1 is 1.42 bits per heavy atom. The van der Waals surface area contributed by atoms with Crippen molar-refractivity contribution in [3.05, 3.63) is 12.2 Å². The highest BCUT2D eigenvalue weighted by Gasteiger charge is 2.02. The third-order valence-electron chi connectivity index (χ3n) is 1.56. The van der Waals surface area contributed by atoms with Crippen molar-refractivity contribution in [2.45, 2.75) is 33.1 Å². The second-order valence-electron chi connectivity index (χ2n) is 2.87. The van der Waals surface area contributed by atoms with Crippen molar-refractivity contribution < 1.29 is 4.79 Å². The van der Waals surface area contributed by atoms with Crippen LogP contribution in [0.15, 0.2) is 12.2 Å². The molecule has 0 aliphatic rings. The van der Waals surface area contributed by atoms with Gasteiger partial charge in [0.1, 0.15) is 5.78 Å². The normalized spacial score (nSPS) is 9.83. The van der Waals surface area contributed by atoms with Gasteiger partial charge in [0.15, 0.2) is 0 Å². The first-order chi connectivity index (χ1) is 5.70. The standard InChI is InChI=1S/C10H18OS/c1-4-6-12-8-10(11)7-9(3)5-2/h3-8H2,1-2H3. The summed E-state index contributed by atoms with van der Waals surface area (Å²) < 4.78 is 0. The van der Waals surface area contributed by atoms with Crippen LogP contribution >= 0.6 is 11.8 Å². The summed E-state index contributed by atoms with van der Waals surface area (Å²) in [4.78, 5) is 11.2. The molecule has 0 aromatic heterocycles. The van der Waals surface area contributed by atoms with Crippen molar-refractivity contribution in [3.8, 4) is 0 Å². The highest BCUT2D eigenvalue weighted by atomic mass is 32.2. The number of allylic oxidation sites excluding steroid dienone is 1. The van der Waals surface area contributed by atoms with Crippen molar-refractivity contribution in [2.75, 3.05) is 11.5 Å². The molecule has 2 heteroatoms. The summed E-state index contributed by atoms with van der Waals surface area (Å²) in [6.45, 7) is 7.98. The van der Waals surface area contributed by atoms with Crippen LogP contribution in [0.3, 0.4) is 0 Å². The van der Waals surface area contributed by atoms with E-state index in [4.69, 9.17) is 0 Å². The summed E-state index contributed by atoms with van der Waals surface area (Å²) in [5.41, 5.74) is 1.05. The molecule has 70 valence electrons. The predicted molar refractivity (Wildman–Crippen MR) is 56.7 cm³/mol. The number of carbonyl (C=O) groups excluding carboxylic acids is 1. The molecule has 0 fully saturated rings. The molecule has 1 nitrogen and oxygen atoms in total. The number of rotatable bonds is 7. The Morgan fingerprint density at radius 2 is 2.08 bits per heavy atom. The van der Waals surface area contributed by atoms with Crippen LogP contribution in [-0.4, -0.2) is 17.3 Å². The first kappa shape index (κ1) is 11.8. The van der Waals surface area contributed by atoms with Gasteiger partial charge in [0.2, 0.25) is 0 Å². The summed E-state index contributed by atoms with van der Waals surface area (Å²) in [7, 11) is 0. The molecule has 0 aromatic carbocycles.